The van der Waals surface area contributed by atoms with Crippen LogP contribution in [-0.2, 0) is 11.3 Å². The number of halogens is 1. The van der Waals surface area contributed by atoms with Crippen molar-refractivity contribution in [2.45, 2.75) is 6.61 Å². The quantitative estimate of drug-likeness (QED) is 0.528. The number of benzene rings is 1. The molecule has 0 aliphatic heterocycles. The van der Waals surface area contributed by atoms with Gasteiger partial charge in [0.05, 0.1) is 13.3 Å². The van der Waals surface area contributed by atoms with Crippen LogP contribution in [0.5, 0.6) is 5.75 Å². The summed E-state index contributed by atoms with van der Waals surface area (Å²) in [6.07, 6.45) is 1.47. The Bertz CT molecular complexity index is 815. The van der Waals surface area contributed by atoms with E-state index in [4.69, 9.17) is 9.47 Å². The summed E-state index contributed by atoms with van der Waals surface area (Å²) >= 11 is 3.40. The fourth-order valence-corrected chi connectivity index (χ4v) is 2.55. The Hall–Kier alpha value is -2.34. The number of fused-ring (bicyclic) bond motifs is 1. The molecule has 0 radical (unpaired) electrons. The summed E-state index contributed by atoms with van der Waals surface area (Å²) in [7, 11) is 1.34. The van der Waals surface area contributed by atoms with Crippen LogP contribution in [0.1, 0.15) is 15.9 Å². The molecule has 0 bridgehead atoms. The van der Waals surface area contributed by atoms with Crippen LogP contribution in [0.3, 0.4) is 0 Å². The molecule has 112 valence electrons. The number of aromatic nitrogens is 2. The SMILES string of the molecule is COC(=O)c1cnn2c(Br)ccc(OCc3ccccc3)c12. The minimum absolute atomic E-state index is 0.367. The van der Waals surface area contributed by atoms with Crippen LogP contribution in [0.4, 0.5) is 0 Å². The number of pyridine rings is 1. The lowest BCUT2D eigenvalue weighted by Crippen LogP contribution is -2.03. The number of hydrogen-bond acceptors (Lipinski definition) is 4. The lowest BCUT2D eigenvalue weighted by molar-refractivity contribution is 0.0602. The number of methoxy groups -OCH3 is 1. The molecule has 0 atom stereocenters. The van der Waals surface area contributed by atoms with Gasteiger partial charge in [0.2, 0.25) is 0 Å². The van der Waals surface area contributed by atoms with Crippen molar-refractivity contribution < 1.29 is 14.3 Å². The van der Waals surface area contributed by atoms with E-state index in [2.05, 4.69) is 21.0 Å². The standard InChI is InChI=1S/C16H13BrN2O3/c1-21-16(20)12-9-18-19-14(17)8-7-13(15(12)19)22-10-11-5-3-2-4-6-11/h2-9H,10H2,1H3. The monoisotopic (exact) mass is 360 g/mol. The normalized spacial score (nSPS) is 10.6. The van der Waals surface area contributed by atoms with Gasteiger partial charge < -0.3 is 9.47 Å². The van der Waals surface area contributed by atoms with Crippen molar-refractivity contribution >= 4 is 27.4 Å². The first-order valence-electron chi connectivity index (χ1n) is 6.62. The van der Waals surface area contributed by atoms with E-state index >= 15 is 0 Å². The third kappa shape index (κ3) is 2.69. The van der Waals surface area contributed by atoms with Crippen LogP contribution < -0.4 is 4.74 Å². The Kier molecular flexibility index (Phi) is 4.11. The molecule has 2 heterocycles. The molecule has 6 heteroatoms. The third-order valence-electron chi connectivity index (χ3n) is 3.22. The van der Waals surface area contributed by atoms with Gasteiger partial charge in [0, 0.05) is 0 Å². The Morgan fingerprint density at radius 2 is 2.00 bits per heavy atom. The highest BCUT2D eigenvalue weighted by Crippen LogP contribution is 2.28. The molecule has 0 aliphatic carbocycles. The summed E-state index contributed by atoms with van der Waals surface area (Å²) in [5.41, 5.74) is 1.99. The molecule has 3 aromatic rings. The van der Waals surface area contributed by atoms with Crippen LogP contribution in [0.2, 0.25) is 0 Å². The van der Waals surface area contributed by atoms with Crippen molar-refractivity contribution in [2.24, 2.45) is 0 Å². The Morgan fingerprint density at radius 3 is 2.73 bits per heavy atom. The van der Waals surface area contributed by atoms with Gasteiger partial charge in [0.25, 0.3) is 0 Å². The highest BCUT2D eigenvalue weighted by atomic mass is 79.9. The molecule has 0 N–H and O–H groups in total. The Balaban J connectivity index is 2.00. The van der Waals surface area contributed by atoms with Gasteiger partial charge in [0.1, 0.15) is 28.0 Å². The van der Waals surface area contributed by atoms with Gasteiger partial charge in [-0.25, -0.2) is 9.31 Å². The fourth-order valence-electron chi connectivity index (χ4n) is 2.15. The van der Waals surface area contributed by atoms with Crippen LogP contribution in [-0.4, -0.2) is 22.7 Å². The van der Waals surface area contributed by atoms with Gasteiger partial charge in [-0.3, -0.25) is 0 Å². The Labute approximate surface area is 135 Å². The molecule has 0 fully saturated rings. The molecule has 0 unspecified atom stereocenters. The van der Waals surface area contributed by atoms with Gasteiger partial charge >= 0.3 is 5.97 Å². The molecule has 3 rings (SSSR count). The van der Waals surface area contributed by atoms with Crippen LogP contribution >= 0.6 is 15.9 Å². The molecule has 22 heavy (non-hydrogen) atoms. The number of esters is 1. The molecule has 0 spiro atoms. The molecule has 0 aliphatic rings. The van der Waals surface area contributed by atoms with Gasteiger partial charge in [-0.2, -0.15) is 5.10 Å². The molecule has 0 saturated carbocycles. The van der Waals surface area contributed by atoms with E-state index in [9.17, 15) is 4.79 Å². The van der Waals surface area contributed by atoms with E-state index < -0.39 is 5.97 Å². The Morgan fingerprint density at radius 1 is 1.23 bits per heavy atom. The smallest absolute Gasteiger partial charge is 0.341 e. The molecular weight excluding hydrogens is 348 g/mol. The highest BCUT2D eigenvalue weighted by Gasteiger charge is 2.18. The summed E-state index contributed by atoms with van der Waals surface area (Å²) < 4.78 is 13.0. The topological polar surface area (TPSA) is 52.8 Å². The van der Waals surface area contributed by atoms with Crippen molar-refractivity contribution in [3.63, 3.8) is 0 Å². The van der Waals surface area contributed by atoms with Crippen molar-refractivity contribution in [1.82, 2.24) is 9.61 Å². The summed E-state index contributed by atoms with van der Waals surface area (Å²) in [5, 5.41) is 4.19. The van der Waals surface area contributed by atoms with Gasteiger partial charge in [0.15, 0.2) is 0 Å². The maximum absolute atomic E-state index is 11.9. The minimum atomic E-state index is -0.447. The minimum Gasteiger partial charge on any atom is -0.487 e. The second-order valence-corrected chi connectivity index (χ2v) is 5.42. The summed E-state index contributed by atoms with van der Waals surface area (Å²) in [6, 6.07) is 13.4. The number of ether oxygens (including phenoxy) is 2. The zero-order chi connectivity index (χ0) is 15.5. The first-order chi connectivity index (χ1) is 10.7. The van der Waals surface area contributed by atoms with E-state index in [1.165, 1.54) is 13.3 Å². The molecule has 5 nitrogen and oxygen atoms in total. The van der Waals surface area contributed by atoms with Crippen LogP contribution in [0.15, 0.2) is 53.3 Å². The number of carbonyl (C=O) groups is 1. The number of rotatable bonds is 4. The predicted octanol–water partition coefficient (Wildman–Crippen LogP) is 3.46. The number of nitrogens with zero attached hydrogens (tertiary/aromatic N) is 2. The van der Waals surface area contributed by atoms with Gasteiger partial charge in [-0.15, -0.1) is 0 Å². The van der Waals surface area contributed by atoms with E-state index in [1.54, 1.807) is 10.6 Å². The van der Waals surface area contributed by atoms with Crippen molar-refractivity contribution in [1.29, 1.82) is 0 Å². The maximum Gasteiger partial charge on any atom is 0.341 e. The van der Waals surface area contributed by atoms with Crippen LogP contribution in [0, 0.1) is 0 Å². The number of carbonyl (C=O) groups excluding carboxylic acids is 1. The van der Waals surface area contributed by atoms with E-state index in [0.717, 1.165) is 10.2 Å². The van der Waals surface area contributed by atoms with Crippen molar-refractivity contribution in [2.75, 3.05) is 7.11 Å². The molecule has 2 aromatic heterocycles. The molecule has 0 amide bonds. The second kappa shape index (κ2) is 6.19. The average molecular weight is 361 g/mol. The van der Waals surface area contributed by atoms with E-state index in [1.807, 2.05) is 36.4 Å². The molecule has 0 saturated heterocycles. The fraction of sp³-hybridized carbons (Fsp3) is 0.125. The molecular formula is C16H13BrN2O3. The summed E-state index contributed by atoms with van der Waals surface area (Å²) in [6.45, 7) is 0.407. The average Bonchev–Trinajstić information content (AvgIpc) is 3.00. The first kappa shape index (κ1) is 14.6. The predicted molar refractivity (Wildman–Crippen MR) is 85.0 cm³/mol. The lowest BCUT2D eigenvalue weighted by atomic mass is 10.2. The van der Waals surface area contributed by atoms with Crippen molar-refractivity contribution in [3.05, 3.63) is 64.4 Å². The second-order valence-electron chi connectivity index (χ2n) is 4.60. The zero-order valence-electron chi connectivity index (χ0n) is 11.8. The highest BCUT2D eigenvalue weighted by molar-refractivity contribution is 9.10. The maximum atomic E-state index is 11.9. The summed E-state index contributed by atoms with van der Waals surface area (Å²) in [5.74, 6) is 0.127. The van der Waals surface area contributed by atoms with Gasteiger partial charge in [-0.1, -0.05) is 30.3 Å². The van der Waals surface area contributed by atoms with Gasteiger partial charge in [-0.05, 0) is 33.6 Å². The lowest BCUT2D eigenvalue weighted by Gasteiger charge is -2.10. The van der Waals surface area contributed by atoms with E-state index in [0.29, 0.717) is 23.4 Å². The molecule has 1 aromatic carbocycles. The zero-order valence-corrected chi connectivity index (χ0v) is 13.4. The van der Waals surface area contributed by atoms with Crippen molar-refractivity contribution in [3.8, 4) is 5.75 Å². The third-order valence-corrected chi connectivity index (χ3v) is 3.82. The summed E-state index contributed by atoms with van der Waals surface area (Å²) in [4.78, 5) is 11.9. The largest absolute Gasteiger partial charge is 0.487 e. The van der Waals surface area contributed by atoms with Crippen LogP contribution in [0.25, 0.3) is 5.52 Å². The number of hydrogen-bond donors (Lipinski definition) is 0. The first-order valence-corrected chi connectivity index (χ1v) is 7.41. The van der Waals surface area contributed by atoms with E-state index in [-0.39, 0.29) is 0 Å².